The second kappa shape index (κ2) is 4.58. The predicted molar refractivity (Wildman–Crippen MR) is 84.8 cm³/mol. The number of benzene rings is 1. The number of hydrogen-bond donors (Lipinski definition) is 1. The third kappa shape index (κ3) is 1.70. The number of carbonyl (C=O) groups is 2. The lowest BCUT2D eigenvalue weighted by atomic mass is 9.64. The van der Waals surface area contributed by atoms with Gasteiger partial charge in [-0.25, -0.2) is 0 Å². The number of ketones is 1. The van der Waals surface area contributed by atoms with Crippen LogP contribution in [0.3, 0.4) is 0 Å². The fraction of sp³-hybridized carbons (Fsp3) is 0.556. The first kappa shape index (κ1) is 15.1. The molecule has 2 aliphatic carbocycles. The Kier molecular flexibility index (Phi) is 3.13. The fourth-order valence-electron chi connectivity index (χ4n) is 4.29. The Labute approximate surface area is 131 Å². The molecule has 2 atom stereocenters. The number of amides is 1. The van der Waals surface area contributed by atoms with Crippen molar-refractivity contribution in [3.63, 3.8) is 0 Å². The first-order chi connectivity index (χ1) is 10.3. The van der Waals surface area contributed by atoms with Gasteiger partial charge in [-0.15, -0.1) is 0 Å². The van der Waals surface area contributed by atoms with Gasteiger partial charge in [-0.1, -0.05) is 20.8 Å². The van der Waals surface area contributed by atoms with Crippen LogP contribution in [0.4, 0.5) is 5.69 Å². The molecular weight excluding hydrogens is 278 g/mol. The lowest BCUT2D eigenvalue weighted by molar-refractivity contribution is -0.131. The number of Topliss-reactive ketones (excluding diaryl/α,β-unsaturated/α-hetero) is 1. The van der Waals surface area contributed by atoms with Gasteiger partial charge in [-0.3, -0.25) is 9.59 Å². The summed E-state index contributed by atoms with van der Waals surface area (Å²) in [5.74, 6) is 0.951. The van der Waals surface area contributed by atoms with Gasteiger partial charge in [0.15, 0.2) is 0 Å². The van der Waals surface area contributed by atoms with Crippen LogP contribution in [0, 0.1) is 16.2 Å². The van der Waals surface area contributed by atoms with Crippen molar-refractivity contribution in [1.29, 1.82) is 0 Å². The van der Waals surface area contributed by atoms with Gasteiger partial charge in [0.25, 0.3) is 0 Å². The van der Waals surface area contributed by atoms with Crippen molar-refractivity contribution in [2.75, 3.05) is 12.4 Å². The maximum Gasteiger partial charge on any atom is 0.231 e. The van der Waals surface area contributed by atoms with E-state index in [1.165, 1.54) is 0 Å². The molecule has 1 aromatic carbocycles. The molecule has 4 heteroatoms. The molecule has 118 valence electrons. The standard InChI is InChI=1S/C18H23NO3/c1-16(2)17(3)9-10-18(16,11-14(17)20)15(21)19-12-5-7-13(22-4)8-6-12/h5-8H,9-11H2,1-4H3,(H,19,21)/t17-,18-/m1/s1. The molecule has 22 heavy (non-hydrogen) atoms. The monoisotopic (exact) mass is 301 g/mol. The van der Waals surface area contributed by atoms with E-state index in [0.717, 1.165) is 24.3 Å². The highest BCUT2D eigenvalue weighted by molar-refractivity contribution is 6.04. The number of hydrogen-bond acceptors (Lipinski definition) is 3. The minimum absolute atomic E-state index is 0.0303. The predicted octanol–water partition coefficient (Wildman–Crippen LogP) is 3.42. The molecule has 0 aromatic heterocycles. The van der Waals surface area contributed by atoms with E-state index < -0.39 is 5.41 Å². The molecule has 2 saturated carbocycles. The van der Waals surface area contributed by atoms with E-state index in [1.54, 1.807) is 7.11 Å². The van der Waals surface area contributed by atoms with Gasteiger partial charge < -0.3 is 10.1 Å². The van der Waals surface area contributed by atoms with Crippen LogP contribution in [-0.4, -0.2) is 18.8 Å². The number of nitrogens with one attached hydrogen (secondary N) is 1. The van der Waals surface area contributed by atoms with E-state index in [2.05, 4.69) is 19.2 Å². The molecule has 1 aromatic rings. The van der Waals surface area contributed by atoms with E-state index >= 15 is 0 Å². The SMILES string of the molecule is COc1ccc(NC(=O)[C@@]23CC[C@](C)(C(=O)C2)C3(C)C)cc1. The van der Waals surface area contributed by atoms with Gasteiger partial charge in [0.2, 0.25) is 5.91 Å². The minimum Gasteiger partial charge on any atom is -0.497 e. The summed E-state index contributed by atoms with van der Waals surface area (Å²) in [5.41, 5.74) is -0.527. The zero-order chi connectivity index (χ0) is 16.2. The van der Waals surface area contributed by atoms with Crippen LogP contribution in [0.2, 0.25) is 0 Å². The number of fused-ring (bicyclic) bond motifs is 2. The molecule has 0 saturated heterocycles. The van der Waals surface area contributed by atoms with Gasteiger partial charge in [-0.05, 0) is 42.5 Å². The van der Waals surface area contributed by atoms with Crippen molar-refractivity contribution in [3.05, 3.63) is 24.3 Å². The molecule has 3 rings (SSSR count). The summed E-state index contributed by atoms with van der Waals surface area (Å²) in [6.07, 6.45) is 1.94. The number of methoxy groups -OCH3 is 1. The Bertz CT molecular complexity index is 634. The first-order valence-electron chi connectivity index (χ1n) is 7.76. The Balaban J connectivity index is 1.87. The maximum atomic E-state index is 13.0. The summed E-state index contributed by atoms with van der Waals surface area (Å²) in [5, 5.41) is 3.00. The molecule has 0 radical (unpaired) electrons. The van der Waals surface area contributed by atoms with Crippen molar-refractivity contribution in [2.24, 2.45) is 16.2 Å². The van der Waals surface area contributed by atoms with E-state index in [9.17, 15) is 9.59 Å². The van der Waals surface area contributed by atoms with Crippen LogP contribution in [-0.2, 0) is 9.59 Å². The molecule has 1 N–H and O–H groups in total. The molecule has 0 heterocycles. The van der Waals surface area contributed by atoms with Crippen molar-refractivity contribution in [2.45, 2.75) is 40.0 Å². The normalized spacial score (nSPS) is 32.1. The van der Waals surface area contributed by atoms with Crippen LogP contribution in [0.15, 0.2) is 24.3 Å². The number of carbonyl (C=O) groups excluding carboxylic acids is 2. The second-order valence-electron chi connectivity index (χ2n) is 7.32. The van der Waals surface area contributed by atoms with Crippen LogP contribution >= 0.6 is 0 Å². The topological polar surface area (TPSA) is 55.4 Å². The van der Waals surface area contributed by atoms with Crippen LogP contribution in [0.1, 0.15) is 40.0 Å². The summed E-state index contributed by atoms with van der Waals surface area (Å²) in [6.45, 7) is 6.15. The van der Waals surface area contributed by atoms with Crippen molar-refractivity contribution in [1.82, 2.24) is 0 Å². The van der Waals surface area contributed by atoms with Crippen LogP contribution in [0.25, 0.3) is 0 Å². The third-order valence-electron chi connectivity index (χ3n) is 6.49. The smallest absolute Gasteiger partial charge is 0.231 e. The van der Waals surface area contributed by atoms with E-state index in [-0.39, 0.29) is 22.5 Å². The lowest BCUT2D eigenvalue weighted by Gasteiger charge is -2.38. The second-order valence-corrected chi connectivity index (χ2v) is 7.32. The number of rotatable bonds is 3. The zero-order valence-corrected chi connectivity index (χ0v) is 13.7. The maximum absolute atomic E-state index is 13.0. The summed E-state index contributed by atoms with van der Waals surface area (Å²) in [6, 6.07) is 7.28. The van der Waals surface area contributed by atoms with Gasteiger partial charge in [0, 0.05) is 17.5 Å². The van der Waals surface area contributed by atoms with Gasteiger partial charge in [-0.2, -0.15) is 0 Å². The summed E-state index contributed by atoms with van der Waals surface area (Å²) >= 11 is 0. The highest BCUT2D eigenvalue weighted by Crippen LogP contribution is 2.70. The fourth-order valence-corrected chi connectivity index (χ4v) is 4.29. The molecule has 2 bridgehead atoms. The summed E-state index contributed by atoms with van der Waals surface area (Å²) < 4.78 is 5.12. The average molecular weight is 301 g/mol. The van der Waals surface area contributed by atoms with Crippen LogP contribution < -0.4 is 10.1 Å². The average Bonchev–Trinajstić information content (AvgIpc) is 2.78. The van der Waals surface area contributed by atoms with E-state index in [1.807, 2.05) is 31.2 Å². The quantitative estimate of drug-likeness (QED) is 0.930. The highest BCUT2D eigenvalue weighted by atomic mass is 16.5. The van der Waals surface area contributed by atoms with Gasteiger partial charge in [0.1, 0.15) is 11.5 Å². The largest absolute Gasteiger partial charge is 0.497 e. The van der Waals surface area contributed by atoms with Gasteiger partial charge >= 0.3 is 0 Å². The molecule has 0 aliphatic heterocycles. The first-order valence-corrected chi connectivity index (χ1v) is 7.76. The summed E-state index contributed by atoms with van der Waals surface area (Å²) in [7, 11) is 1.61. The molecule has 2 fully saturated rings. The van der Waals surface area contributed by atoms with Crippen LogP contribution in [0.5, 0.6) is 5.75 Å². The summed E-state index contributed by atoms with van der Waals surface area (Å²) in [4.78, 5) is 25.4. The molecule has 4 nitrogen and oxygen atoms in total. The minimum atomic E-state index is -0.585. The Morgan fingerprint density at radius 1 is 1.14 bits per heavy atom. The van der Waals surface area contributed by atoms with E-state index in [0.29, 0.717) is 6.42 Å². The highest BCUT2D eigenvalue weighted by Gasteiger charge is 2.72. The number of ether oxygens (including phenoxy) is 1. The molecule has 1 amide bonds. The Morgan fingerprint density at radius 3 is 2.23 bits per heavy atom. The molecule has 2 aliphatic rings. The Morgan fingerprint density at radius 2 is 1.77 bits per heavy atom. The van der Waals surface area contributed by atoms with E-state index in [4.69, 9.17) is 4.74 Å². The van der Waals surface area contributed by atoms with Gasteiger partial charge in [0.05, 0.1) is 12.5 Å². The van der Waals surface area contributed by atoms with Crippen molar-refractivity contribution < 1.29 is 14.3 Å². The van der Waals surface area contributed by atoms with Crippen molar-refractivity contribution in [3.8, 4) is 5.75 Å². The number of anilines is 1. The van der Waals surface area contributed by atoms with Crippen molar-refractivity contribution >= 4 is 17.4 Å². The third-order valence-corrected chi connectivity index (χ3v) is 6.49. The molecular formula is C18H23NO3. The lowest BCUT2D eigenvalue weighted by Crippen LogP contribution is -2.43. The molecule has 0 unspecified atom stereocenters. The molecule has 0 spiro atoms. The Hall–Kier alpha value is -1.84. The zero-order valence-electron chi connectivity index (χ0n) is 13.7.